The van der Waals surface area contributed by atoms with Gasteiger partial charge in [0.15, 0.2) is 10.1 Å². The van der Waals surface area contributed by atoms with Gasteiger partial charge >= 0.3 is 18.0 Å². The van der Waals surface area contributed by atoms with Crippen molar-refractivity contribution < 1.29 is 46.2 Å². The zero-order chi connectivity index (χ0) is 48.3. The molecule has 0 atom stereocenters. The van der Waals surface area contributed by atoms with Crippen LogP contribution in [-0.2, 0) is 47.1 Å². The van der Waals surface area contributed by atoms with Gasteiger partial charge in [0.25, 0.3) is 0 Å². The number of carbonyl (C=O) groups excluding carboxylic acids is 1. The van der Waals surface area contributed by atoms with Crippen LogP contribution in [0.4, 0.5) is 4.79 Å². The molecule has 0 saturated carbocycles. The number of halogens is 2. The Morgan fingerprint density at radius 2 is 1.14 bits per heavy atom. The average molecular weight is 970 g/mol. The van der Waals surface area contributed by atoms with Gasteiger partial charge in [0, 0.05) is 61.7 Å². The summed E-state index contributed by atoms with van der Waals surface area (Å²) in [6, 6.07) is 23.1. The lowest BCUT2D eigenvalue weighted by Crippen LogP contribution is -2.33. The molecule has 4 aromatic heterocycles. The van der Waals surface area contributed by atoms with Crippen LogP contribution in [0.2, 0.25) is 10.0 Å². The molecule has 2 aromatic carbocycles. The van der Waals surface area contributed by atoms with Crippen molar-refractivity contribution in [2.24, 2.45) is 0 Å². The number of rotatable bonds is 12. The third kappa shape index (κ3) is 14.0. The highest BCUT2D eigenvalue weighted by Gasteiger charge is 2.29. The summed E-state index contributed by atoms with van der Waals surface area (Å²) in [6.07, 6.45) is 3.23. The molecule has 6 aromatic rings. The Hall–Kier alpha value is -6.45. The van der Waals surface area contributed by atoms with Crippen LogP contribution in [0.15, 0.2) is 129 Å². The topological polar surface area (TPSA) is 246 Å². The third-order valence-electron chi connectivity index (χ3n) is 8.39. The number of pyridine rings is 2. The third-order valence-corrected chi connectivity index (χ3v) is 12.4. The van der Waals surface area contributed by atoms with Crippen LogP contribution in [0.25, 0.3) is 11.4 Å². The number of hydrogen-bond donors (Lipinski definition) is 3. The number of carboxylic acids is 2. The molecule has 0 fully saturated rings. The van der Waals surface area contributed by atoms with Crippen LogP contribution in [0, 0.1) is 13.8 Å². The van der Waals surface area contributed by atoms with E-state index in [1.54, 1.807) is 122 Å². The fourth-order valence-electron chi connectivity index (χ4n) is 5.40. The molecule has 18 nitrogen and oxygen atoms in total. The molecule has 3 N–H and O–H groups in total. The number of aryl methyl sites for hydroxylation is 2. The first-order valence-corrected chi connectivity index (χ1v) is 22.9. The highest BCUT2D eigenvalue weighted by atomic mass is 35.5. The monoisotopic (exact) mass is 968 g/mol. The van der Waals surface area contributed by atoms with Crippen molar-refractivity contribution >= 4 is 60.9 Å². The molecule has 65 heavy (non-hydrogen) atoms. The van der Waals surface area contributed by atoms with Crippen molar-refractivity contribution in [2.75, 3.05) is 14.1 Å². The lowest BCUT2D eigenvalue weighted by molar-refractivity contribution is -0.134. The Morgan fingerprint density at radius 3 is 1.51 bits per heavy atom. The van der Waals surface area contributed by atoms with Gasteiger partial charge in [0.1, 0.15) is 5.60 Å². The van der Waals surface area contributed by atoms with Crippen molar-refractivity contribution in [1.82, 2.24) is 39.7 Å². The number of aromatic nitrogens is 6. The number of amides is 1. The van der Waals surface area contributed by atoms with E-state index >= 15 is 0 Å². The van der Waals surface area contributed by atoms with E-state index in [9.17, 15) is 31.2 Å². The zero-order valence-electron chi connectivity index (χ0n) is 36.2. The van der Waals surface area contributed by atoms with Crippen LogP contribution in [0.1, 0.15) is 43.5 Å². The first-order chi connectivity index (χ1) is 30.4. The van der Waals surface area contributed by atoms with Crippen molar-refractivity contribution in [3.8, 4) is 11.4 Å². The molecule has 0 spiro atoms. The summed E-state index contributed by atoms with van der Waals surface area (Å²) in [5.74, 6) is -2.51. The first-order valence-electron chi connectivity index (χ1n) is 19.2. The van der Waals surface area contributed by atoms with E-state index in [4.69, 9.17) is 38.2 Å². The summed E-state index contributed by atoms with van der Waals surface area (Å²) in [5, 5.41) is 28.2. The minimum atomic E-state index is -3.97. The van der Waals surface area contributed by atoms with Crippen LogP contribution >= 0.6 is 23.2 Å². The van der Waals surface area contributed by atoms with Crippen LogP contribution < -0.4 is 5.32 Å². The maximum atomic E-state index is 13.4. The molecular weight excluding hydrogens is 924 g/mol. The van der Waals surface area contributed by atoms with Crippen LogP contribution in [0.5, 0.6) is 0 Å². The Bertz CT molecular complexity index is 2880. The lowest BCUT2D eigenvalue weighted by atomic mass is 10.2. The zero-order valence-corrected chi connectivity index (χ0v) is 39.3. The highest BCUT2D eigenvalue weighted by Crippen LogP contribution is 2.30. The van der Waals surface area contributed by atoms with Crippen molar-refractivity contribution in [1.29, 1.82) is 0 Å². The maximum absolute atomic E-state index is 13.4. The highest BCUT2D eigenvalue weighted by molar-refractivity contribution is 7.91. The van der Waals surface area contributed by atoms with E-state index in [-0.39, 0.29) is 26.4 Å². The SMILES string of the molecule is CNCc1cc(S(=O)(=O)c2ccc(C)nc2)n(-c2ccccc2Cl)n1.Cc1ccc(S(=O)(=O)c2cc(CN(C)C(=O)OC(C)(C)C)nn2-c2ccccc2Cl)cn1.O=C(O)/C=C/C(=O)O. The van der Waals surface area contributed by atoms with Crippen molar-refractivity contribution in [3.05, 3.63) is 142 Å². The van der Waals surface area contributed by atoms with Gasteiger partial charge in [-0.05, 0) is 90.2 Å². The predicted molar refractivity (Wildman–Crippen MR) is 241 cm³/mol. The lowest BCUT2D eigenvalue weighted by Gasteiger charge is -2.24. The number of aliphatic carboxylic acids is 2. The fourth-order valence-corrected chi connectivity index (χ4v) is 8.51. The average Bonchev–Trinajstić information content (AvgIpc) is 3.86. The van der Waals surface area contributed by atoms with E-state index in [2.05, 4.69) is 25.5 Å². The smallest absolute Gasteiger partial charge is 0.410 e. The summed E-state index contributed by atoms with van der Waals surface area (Å²) < 4.78 is 61.1. The Morgan fingerprint density at radius 1 is 0.723 bits per heavy atom. The second kappa shape index (κ2) is 22.0. The summed E-state index contributed by atoms with van der Waals surface area (Å²) >= 11 is 12.6. The van der Waals surface area contributed by atoms with Crippen LogP contribution in [-0.4, -0.2) is 99.2 Å². The first kappa shape index (κ1) is 51.2. The molecule has 344 valence electrons. The molecule has 22 heteroatoms. The van der Waals surface area contributed by atoms with Gasteiger partial charge in [-0.15, -0.1) is 0 Å². The number of para-hydroxylation sites is 2. The molecular formula is C43H46Cl2N8O10S2. The number of nitrogens with zero attached hydrogens (tertiary/aromatic N) is 7. The van der Waals surface area contributed by atoms with Gasteiger partial charge in [0.05, 0.1) is 49.1 Å². The van der Waals surface area contributed by atoms with E-state index in [1.807, 2.05) is 0 Å². The Kier molecular flexibility index (Phi) is 17.3. The second-order valence-electron chi connectivity index (χ2n) is 14.8. The molecule has 4 heterocycles. The molecule has 0 bridgehead atoms. The summed E-state index contributed by atoms with van der Waals surface area (Å²) in [7, 11) is -4.44. The van der Waals surface area contributed by atoms with Gasteiger partial charge in [-0.2, -0.15) is 10.2 Å². The van der Waals surface area contributed by atoms with Gasteiger partial charge in [-0.1, -0.05) is 47.5 Å². The van der Waals surface area contributed by atoms with E-state index in [1.165, 1.54) is 38.8 Å². The number of ether oxygens (including phenoxy) is 1. The van der Waals surface area contributed by atoms with Gasteiger partial charge in [0.2, 0.25) is 19.7 Å². The molecule has 6 rings (SSSR count). The molecule has 1 amide bonds. The Balaban J connectivity index is 0.000000249. The molecule has 0 aliphatic heterocycles. The van der Waals surface area contributed by atoms with E-state index < -0.39 is 43.3 Å². The quantitative estimate of drug-likeness (QED) is 0.105. The summed E-state index contributed by atoms with van der Waals surface area (Å²) in [4.78, 5) is 41.1. The number of carboxylic acid groups (broad SMARTS) is 2. The maximum Gasteiger partial charge on any atom is 0.410 e. The van der Waals surface area contributed by atoms with Gasteiger partial charge in [-0.25, -0.2) is 40.6 Å². The number of hydrogen-bond acceptors (Lipinski definition) is 13. The molecule has 0 saturated heterocycles. The number of sulfone groups is 2. The van der Waals surface area contributed by atoms with Crippen molar-refractivity contribution in [2.45, 2.75) is 73.2 Å². The summed E-state index contributed by atoms with van der Waals surface area (Å²) in [5.41, 5.74) is 2.65. The number of carbonyl (C=O) groups is 3. The van der Waals surface area contributed by atoms with E-state index in [0.29, 0.717) is 57.2 Å². The Labute approximate surface area is 386 Å². The van der Waals surface area contributed by atoms with Gasteiger partial charge in [-0.3, -0.25) is 9.97 Å². The standard InChI is InChI=1S/C22H25ClN4O4S.C17H17ClN4O2S.C4H4O4/c1-15-10-11-17(13-24-15)32(29,30)20-12-16(14-26(5)21(28)31-22(2,3)4)25-27(20)19-9-7-6-8-18(19)23;1-12-7-8-14(11-20-12)25(23,24)17-9-13(10-19-2)21-22(17)16-6-4-3-5-15(16)18;5-3(6)1-2-4(7)8/h6-13H,14H2,1-5H3;3-9,11,19H,10H2,1-2H3;1-2H,(H,5,6)(H,7,8)/b;;2-1+. The second-order valence-corrected chi connectivity index (χ2v) is 19.4. The molecule has 0 unspecified atom stereocenters. The largest absolute Gasteiger partial charge is 0.478 e. The number of benzene rings is 2. The van der Waals surface area contributed by atoms with Crippen LogP contribution in [0.3, 0.4) is 0 Å². The predicted octanol–water partition coefficient (Wildman–Crippen LogP) is 6.92. The summed E-state index contributed by atoms with van der Waals surface area (Å²) in [6.45, 7) is 9.36. The minimum absolute atomic E-state index is 0.0309. The van der Waals surface area contributed by atoms with Gasteiger partial charge < -0.3 is 25.2 Å². The number of nitrogens with one attached hydrogen (secondary N) is 1. The molecule has 0 radical (unpaired) electrons. The molecule has 0 aliphatic carbocycles. The minimum Gasteiger partial charge on any atom is -0.478 e. The van der Waals surface area contributed by atoms with Crippen molar-refractivity contribution in [3.63, 3.8) is 0 Å². The van der Waals surface area contributed by atoms with E-state index in [0.717, 1.165) is 5.69 Å². The molecule has 0 aliphatic rings. The normalized spacial score (nSPS) is 11.5. The fraction of sp³-hybridized carbons (Fsp3) is 0.233.